The van der Waals surface area contributed by atoms with Gasteiger partial charge in [-0.15, -0.1) is 0 Å². The maximum absolute atomic E-state index is 12.1. The van der Waals surface area contributed by atoms with E-state index in [1.54, 1.807) is 0 Å². The van der Waals surface area contributed by atoms with Crippen molar-refractivity contribution in [3.05, 3.63) is 22.2 Å². The minimum Gasteiger partial charge on any atom is -0.386 e. The molecule has 3 rings (SSSR count). The number of rotatable bonds is 3. The molecule has 2 aliphatic heterocycles. The quantitative estimate of drug-likeness (QED) is 0.619. The van der Waals surface area contributed by atoms with E-state index < -0.39 is 38.1 Å². The number of anilines is 1. The number of hydrogen-bond acceptors (Lipinski definition) is 8. The smallest absolute Gasteiger partial charge is 0.386 e. The molecule has 0 radical (unpaired) electrons. The molecule has 4 N–H and O–H groups in total. The molecule has 0 bridgehead atoms. The van der Waals surface area contributed by atoms with Gasteiger partial charge < -0.3 is 20.5 Å². The van der Waals surface area contributed by atoms with E-state index in [0.717, 1.165) is 11.0 Å². The van der Waals surface area contributed by atoms with Gasteiger partial charge >= 0.3 is 13.5 Å². The van der Waals surface area contributed by atoms with Crippen molar-refractivity contribution in [2.45, 2.75) is 44.3 Å². The van der Waals surface area contributed by atoms with Crippen molar-refractivity contribution in [3.63, 3.8) is 0 Å². The van der Waals surface area contributed by atoms with Crippen LogP contribution in [-0.2, 0) is 24.8 Å². The standard InChI is InChI=1S/C12H18N3O7P/c1-2-3-6-4-15(12(17)14-10(6)13)11-8(16)9-7(21-11)5-20-23(18,19)22-9/h4,7-9,11,16H,2-3,5H2,1H3,(H,18,19)(H2,13,14,17)/t7?,8-,9?,11-/m1/s1. The van der Waals surface area contributed by atoms with Crippen LogP contribution in [0.5, 0.6) is 0 Å². The highest BCUT2D eigenvalue weighted by molar-refractivity contribution is 7.47. The molecule has 0 aromatic carbocycles. The van der Waals surface area contributed by atoms with Crippen LogP contribution in [0.1, 0.15) is 25.1 Å². The van der Waals surface area contributed by atoms with E-state index in [1.807, 2.05) is 6.92 Å². The summed E-state index contributed by atoms with van der Waals surface area (Å²) in [6.07, 6.45) is -1.34. The Hall–Kier alpha value is -1.29. The third-order valence-corrected chi connectivity index (χ3v) is 4.81. The molecule has 0 amide bonds. The SMILES string of the molecule is CCCc1cn([C@@H]2OC3COP(=O)(O)OC3[C@H]2O)c(=O)nc1N. The Labute approximate surface area is 131 Å². The molecular formula is C12H18N3O7P. The van der Waals surface area contributed by atoms with Crippen LogP contribution in [0.15, 0.2) is 11.0 Å². The fourth-order valence-electron chi connectivity index (χ4n) is 2.73. The van der Waals surface area contributed by atoms with Gasteiger partial charge in [0.15, 0.2) is 6.23 Å². The van der Waals surface area contributed by atoms with E-state index in [0.29, 0.717) is 12.0 Å². The summed E-state index contributed by atoms with van der Waals surface area (Å²) in [5.41, 5.74) is 5.69. The van der Waals surface area contributed by atoms with Gasteiger partial charge in [0.2, 0.25) is 0 Å². The highest BCUT2D eigenvalue weighted by Crippen LogP contribution is 2.52. The maximum atomic E-state index is 12.1. The maximum Gasteiger partial charge on any atom is 0.472 e. The molecule has 2 aliphatic rings. The third-order valence-electron chi connectivity index (χ3n) is 3.82. The van der Waals surface area contributed by atoms with Crippen LogP contribution >= 0.6 is 7.82 Å². The van der Waals surface area contributed by atoms with E-state index in [9.17, 15) is 19.4 Å². The summed E-state index contributed by atoms with van der Waals surface area (Å²) < 4.78 is 27.7. The number of hydrogen-bond donors (Lipinski definition) is 3. The molecule has 2 saturated heterocycles. The van der Waals surface area contributed by atoms with Crippen LogP contribution in [0.3, 0.4) is 0 Å². The summed E-state index contributed by atoms with van der Waals surface area (Å²) >= 11 is 0. The molecule has 0 aliphatic carbocycles. The second kappa shape index (κ2) is 5.97. The molecule has 3 unspecified atom stereocenters. The summed E-state index contributed by atoms with van der Waals surface area (Å²) in [7, 11) is -4.21. The molecule has 5 atom stereocenters. The van der Waals surface area contributed by atoms with Crippen molar-refractivity contribution in [1.82, 2.24) is 9.55 Å². The van der Waals surface area contributed by atoms with E-state index in [-0.39, 0.29) is 12.4 Å². The number of fused-ring (bicyclic) bond motifs is 1. The number of nitrogen functional groups attached to an aromatic ring is 1. The number of aryl methyl sites for hydroxylation is 1. The largest absolute Gasteiger partial charge is 0.472 e. The number of phosphoric ester groups is 1. The zero-order chi connectivity index (χ0) is 16.8. The molecule has 0 saturated carbocycles. The Morgan fingerprint density at radius 1 is 1.57 bits per heavy atom. The van der Waals surface area contributed by atoms with Crippen LogP contribution < -0.4 is 11.4 Å². The predicted octanol–water partition coefficient (Wildman–Crippen LogP) is -0.448. The van der Waals surface area contributed by atoms with E-state index >= 15 is 0 Å². The van der Waals surface area contributed by atoms with Crippen LogP contribution in [0, 0.1) is 0 Å². The summed E-state index contributed by atoms with van der Waals surface area (Å²) in [4.78, 5) is 25.1. The highest BCUT2D eigenvalue weighted by atomic mass is 31.2. The van der Waals surface area contributed by atoms with Crippen LogP contribution in [0.4, 0.5) is 5.82 Å². The molecule has 128 valence electrons. The van der Waals surface area contributed by atoms with E-state index in [2.05, 4.69) is 9.51 Å². The van der Waals surface area contributed by atoms with Crippen molar-refractivity contribution in [2.24, 2.45) is 0 Å². The Bertz CT molecular complexity index is 708. The molecule has 1 aromatic rings. The molecule has 0 spiro atoms. The first-order valence-electron chi connectivity index (χ1n) is 7.19. The Kier molecular flexibility index (Phi) is 4.30. The number of aliphatic hydroxyl groups is 1. The Balaban J connectivity index is 1.92. The average molecular weight is 347 g/mol. The van der Waals surface area contributed by atoms with Gasteiger partial charge in [-0.1, -0.05) is 13.3 Å². The topological polar surface area (TPSA) is 146 Å². The minimum atomic E-state index is -4.21. The lowest BCUT2D eigenvalue weighted by Crippen LogP contribution is -2.40. The lowest BCUT2D eigenvalue weighted by Gasteiger charge is -2.27. The van der Waals surface area contributed by atoms with Crippen molar-refractivity contribution < 1.29 is 28.3 Å². The Morgan fingerprint density at radius 2 is 2.30 bits per heavy atom. The van der Waals surface area contributed by atoms with Gasteiger partial charge in [-0.05, 0) is 6.42 Å². The van der Waals surface area contributed by atoms with Gasteiger partial charge in [0, 0.05) is 11.8 Å². The van der Waals surface area contributed by atoms with Crippen LogP contribution in [0.2, 0.25) is 0 Å². The zero-order valence-electron chi connectivity index (χ0n) is 12.4. The fraction of sp³-hybridized carbons (Fsp3) is 0.667. The number of aromatic nitrogens is 2. The molecular weight excluding hydrogens is 329 g/mol. The lowest BCUT2D eigenvalue weighted by molar-refractivity contribution is -0.0685. The second-order valence-corrected chi connectivity index (χ2v) is 6.89. The molecule has 11 heteroatoms. The highest BCUT2D eigenvalue weighted by Gasteiger charge is 2.52. The third kappa shape index (κ3) is 3.06. The number of phosphoric acid groups is 1. The molecule has 1 aromatic heterocycles. The minimum absolute atomic E-state index is 0.137. The van der Waals surface area contributed by atoms with Gasteiger partial charge in [-0.25, -0.2) is 9.36 Å². The fourth-order valence-corrected chi connectivity index (χ4v) is 3.70. The molecule has 10 nitrogen and oxygen atoms in total. The molecule has 23 heavy (non-hydrogen) atoms. The van der Waals surface area contributed by atoms with Gasteiger partial charge in [-0.2, -0.15) is 4.98 Å². The molecule has 3 heterocycles. The first-order valence-corrected chi connectivity index (χ1v) is 8.68. The van der Waals surface area contributed by atoms with Crippen molar-refractivity contribution >= 4 is 13.6 Å². The summed E-state index contributed by atoms with van der Waals surface area (Å²) in [5.74, 6) is 0.137. The van der Waals surface area contributed by atoms with Gasteiger partial charge in [0.05, 0.1) is 6.61 Å². The first-order chi connectivity index (χ1) is 10.8. The molecule has 2 fully saturated rings. The predicted molar refractivity (Wildman–Crippen MR) is 77.5 cm³/mol. The van der Waals surface area contributed by atoms with Gasteiger partial charge in [-0.3, -0.25) is 13.6 Å². The monoisotopic (exact) mass is 347 g/mol. The van der Waals surface area contributed by atoms with Crippen LogP contribution in [0.25, 0.3) is 0 Å². The number of aliphatic hydroxyl groups excluding tert-OH is 1. The normalized spacial score (nSPS) is 36.8. The number of nitrogens with two attached hydrogens (primary N) is 1. The number of ether oxygens (including phenoxy) is 1. The van der Waals surface area contributed by atoms with Crippen LogP contribution in [-0.4, -0.2) is 44.5 Å². The number of nitrogens with zero attached hydrogens (tertiary/aromatic N) is 2. The first kappa shape index (κ1) is 16.6. The average Bonchev–Trinajstić information content (AvgIpc) is 2.78. The van der Waals surface area contributed by atoms with Crippen molar-refractivity contribution in [2.75, 3.05) is 12.3 Å². The van der Waals surface area contributed by atoms with Gasteiger partial charge in [0.25, 0.3) is 0 Å². The second-order valence-electron chi connectivity index (χ2n) is 5.48. The summed E-state index contributed by atoms with van der Waals surface area (Å²) in [5, 5.41) is 10.3. The Morgan fingerprint density at radius 3 is 3.00 bits per heavy atom. The zero-order valence-corrected chi connectivity index (χ0v) is 13.3. The lowest BCUT2D eigenvalue weighted by atomic mass is 10.1. The van der Waals surface area contributed by atoms with Gasteiger partial charge in [0.1, 0.15) is 24.1 Å². The summed E-state index contributed by atoms with van der Waals surface area (Å²) in [6.45, 7) is 1.74. The van der Waals surface area contributed by atoms with E-state index in [1.165, 1.54) is 6.20 Å². The van der Waals surface area contributed by atoms with Crippen molar-refractivity contribution in [1.29, 1.82) is 0 Å². The van der Waals surface area contributed by atoms with E-state index in [4.69, 9.17) is 15.0 Å². The van der Waals surface area contributed by atoms with Crippen molar-refractivity contribution in [3.8, 4) is 0 Å². The summed E-state index contributed by atoms with van der Waals surface area (Å²) in [6, 6.07) is 0.